The second-order valence-corrected chi connectivity index (χ2v) is 13.2. The first-order valence-electron chi connectivity index (χ1n) is 13.5. The van der Waals surface area contributed by atoms with E-state index >= 15 is 0 Å². The molecular formula is C30H31Cl3F3N3O4S. The lowest BCUT2D eigenvalue weighted by molar-refractivity contribution is -0.140. The van der Waals surface area contributed by atoms with Crippen LogP contribution in [0.1, 0.15) is 36.5 Å². The monoisotopic (exact) mass is 691 g/mol. The molecule has 3 rings (SSSR count). The number of halogens is 6. The number of rotatable bonds is 13. The highest BCUT2D eigenvalue weighted by atomic mass is 35.5. The molecule has 0 aliphatic rings. The van der Waals surface area contributed by atoms with Crippen LogP contribution in [0.4, 0.5) is 18.9 Å². The lowest BCUT2D eigenvalue weighted by Gasteiger charge is -2.34. The van der Waals surface area contributed by atoms with Crippen LogP contribution in [0.15, 0.2) is 66.7 Å². The first-order valence-corrected chi connectivity index (χ1v) is 16.5. The van der Waals surface area contributed by atoms with Crippen LogP contribution in [0, 0.1) is 0 Å². The first-order chi connectivity index (χ1) is 20.6. The van der Waals surface area contributed by atoms with Crippen LogP contribution in [-0.4, -0.2) is 50.5 Å². The molecule has 0 radical (unpaired) electrons. The van der Waals surface area contributed by atoms with Crippen molar-refractivity contribution in [3.63, 3.8) is 0 Å². The Balaban J connectivity index is 2.11. The second-order valence-electron chi connectivity index (χ2n) is 10.0. The summed E-state index contributed by atoms with van der Waals surface area (Å²) in [5, 5.41) is 2.74. The summed E-state index contributed by atoms with van der Waals surface area (Å²) in [6, 6.07) is 14.9. The van der Waals surface area contributed by atoms with Crippen LogP contribution in [-0.2, 0) is 38.8 Å². The third-order valence-electron chi connectivity index (χ3n) is 6.68. The topological polar surface area (TPSA) is 86.8 Å². The van der Waals surface area contributed by atoms with Crippen LogP contribution >= 0.6 is 34.8 Å². The Labute approximate surface area is 269 Å². The van der Waals surface area contributed by atoms with Crippen LogP contribution in [0.5, 0.6) is 0 Å². The minimum atomic E-state index is -4.88. The van der Waals surface area contributed by atoms with Gasteiger partial charge in [-0.2, -0.15) is 13.2 Å². The molecule has 0 saturated carbocycles. The van der Waals surface area contributed by atoms with Crippen molar-refractivity contribution >= 4 is 62.3 Å². The van der Waals surface area contributed by atoms with Crippen LogP contribution < -0.4 is 9.62 Å². The third kappa shape index (κ3) is 9.76. The van der Waals surface area contributed by atoms with Gasteiger partial charge in [-0.1, -0.05) is 84.5 Å². The van der Waals surface area contributed by atoms with Gasteiger partial charge in [-0.05, 0) is 47.9 Å². The van der Waals surface area contributed by atoms with Crippen molar-refractivity contribution in [2.75, 3.05) is 23.7 Å². The molecule has 0 saturated heterocycles. The third-order valence-corrected chi connectivity index (χ3v) is 8.74. The Kier molecular flexibility index (Phi) is 12.4. The fraction of sp³-hybridized carbons (Fsp3) is 0.333. The fourth-order valence-corrected chi connectivity index (χ4v) is 5.93. The molecular weight excluding hydrogens is 662 g/mol. The number of carbonyl (C=O) groups is 2. The molecule has 0 bridgehead atoms. The Bertz CT molecular complexity index is 1570. The predicted molar refractivity (Wildman–Crippen MR) is 168 cm³/mol. The zero-order chi connectivity index (χ0) is 32.7. The van der Waals surface area contributed by atoms with Crippen LogP contribution in [0.25, 0.3) is 0 Å². The van der Waals surface area contributed by atoms with E-state index in [9.17, 15) is 31.2 Å². The van der Waals surface area contributed by atoms with Gasteiger partial charge in [-0.15, -0.1) is 0 Å². The minimum absolute atomic E-state index is 0.0633. The molecule has 3 aromatic carbocycles. The van der Waals surface area contributed by atoms with Gasteiger partial charge in [0.05, 0.1) is 22.5 Å². The van der Waals surface area contributed by atoms with Gasteiger partial charge in [0.1, 0.15) is 12.6 Å². The van der Waals surface area contributed by atoms with Crippen molar-refractivity contribution in [1.82, 2.24) is 10.2 Å². The van der Waals surface area contributed by atoms with Gasteiger partial charge in [0, 0.05) is 29.6 Å². The highest BCUT2D eigenvalue weighted by molar-refractivity contribution is 7.92. The molecule has 0 spiro atoms. The average molecular weight is 693 g/mol. The highest BCUT2D eigenvalue weighted by Gasteiger charge is 2.36. The van der Waals surface area contributed by atoms with E-state index < -0.39 is 56.9 Å². The first kappa shape index (κ1) is 35.5. The number of nitrogens with one attached hydrogen (secondary N) is 1. The SMILES string of the molecule is CCCCNC(=O)[C@H](Cc1ccccc1)N(Cc1ccc(Cl)cc1Cl)C(=O)CN(c1ccc(Cl)c(C(F)(F)F)c1)S(C)(=O)=O. The number of carbonyl (C=O) groups excluding carboxylic acids is 2. The number of hydrogen-bond donors (Lipinski definition) is 1. The number of nitrogens with zero attached hydrogens (tertiary/aromatic N) is 2. The van der Waals surface area contributed by atoms with E-state index in [-0.39, 0.29) is 18.0 Å². The van der Waals surface area contributed by atoms with Crippen molar-refractivity contribution in [2.45, 2.75) is 44.9 Å². The maximum atomic E-state index is 14.1. The van der Waals surface area contributed by atoms with E-state index in [0.29, 0.717) is 33.9 Å². The fourth-order valence-electron chi connectivity index (χ4n) is 4.39. The van der Waals surface area contributed by atoms with E-state index in [0.717, 1.165) is 30.4 Å². The van der Waals surface area contributed by atoms with E-state index in [1.54, 1.807) is 42.5 Å². The molecule has 44 heavy (non-hydrogen) atoms. The van der Waals surface area contributed by atoms with Crippen LogP contribution in [0.3, 0.4) is 0 Å². The van der Waals surface area contributed by atoms with Crippen molar-refractivity contribution in [2.24, 2.45) is 0 Å². The average Bonchev–Trinajstić information content (AvgIpc) is 2.94. The summed E-state index contributed by atoms with van der Waals surface area (Å²) in [4.78, 5) is 28.9. The van der Waals surface area contributed by atoms with Gasteiger partial charge in [0.25, 0.3) is 0 Å². The standard InChI is InChI=1S/C30H31Cl3F3N3O4S/c1-3-4-14-37-29(41)27(15-20-8-6-5-7-9-20)38(18-21-10-11-22(31)16-26(21)33)28(40)19-39(44(2,42)43)23-12-13-25(32)24(17-23)30(34,35)36/h5-13,16-17,27H,3-4,14-15,18-19H2,1-2H3,(H,37,41)/t27-/m0/s1. The molecule has 0 unspecified atom stereocenters. The quantitative estimate of drug-likeness (QED) is 0.196. The number of hydrogen-bond acceptors (Lipinski definition) is 4. The van der Waals surface area contributed by atoms with E-state index in [1.165, 1.54) is 11.0 Å². The number of sulfonamides is 1. The molecule has 2 amide bonds. The molecule has 1 atom stereocenters. The molecule has 14 heteroatoms. The molecule has 0 aliphatic heterocycles. The lowest BCUT2D eigenvalue weighted by Crippen LogP contribution is -2.53. The number of alkyl halides is 3. The molecule has 1 N–H and O–H groups in total. The zero-order valence-corrected chi connectivity index (χ0v) is 27.0. The van der Waals surface area contributed by atoms with Crippen molar-refractivity contribution in [3.05, 3.63) is 98.5 Å². The van der Waals surface area contributed by atoms with Crippen molar-refractivity contribution in [1.29, 1.82) is 0 Å². The number of unbranched alkanes of at least 4 members (excludes halogenated alkanes) is 1. The highest BCUT2D eigenvalue weighted by Crippen LogP contribution is 2.37. The summed E-state index contributed by atoms with van der Waals surface area (Å²) < 4.78 is 67.2. The molecule has 0 fully saturated rings. The number of anilines is 1. The Hall–Kier alpha value is -2.99. The Morgan fingerprint density at radius 3 is 2.23 bits per heavy atom. The van der Waals surface area contributed by atoms with Crippen molar-refractivity contribution in [3.8, 4) is 0 Å². The molecule has 0 heterocycles. The molecule has 0 aliphatic carbocycles. The van der Waals surface area contributed by atoms with Gasteiger partial charge in [-0.3, -0.25) is 13.9 Å². The van der Waals surface area contributed by atoms with E-state index in [4.69, 9.17) is 34.8 Å². The second kappa shape index (κ2) is 15.3. The summed E-state index contributed by atoms with van der Waals surface area (Å²) in [5.74, 6) is -1.34. The maximum Gasteiger partial charge on any atom is 0.417 e. The largest absolute Gasteiger partial charge is 0.417 e. The summed E-state index contributed by atoms with van der Waals surface area (Å²) in [6.07, 6.45) is -2.57. The summed E-state index contributed by atoms with van der Waals surface area (Å²) in [6.45, 7) is 1.16. The van der Waals surface area contributed by atoms with Crippen molar-refractivity contribution < 1.29 is 31.2 Å². The molecule has 238 valence electrons. The van der Waals surface area contributed by atoms with Gasteiger partial charge >= 0.3 is 6.18 Å². The van der Waals surface area contributed by atoms with E-state index in [1.807, 2.05) is 6.92 Å². The van der Waals surface area contributed by atoms with Gasteiger partial charge in [0.15, 0.2) is 0 Å². The normalized spacial score (nSPS) is 12.5. The van der Waals surface area contributed by atoms with Gasteiger partial charge < -0.3 is 10.2 Å². The number of amides is 2. The molecule has 7 nitrogen and oxygen atoms in total. The predicted octanol–water partition coefficient (Wildman–Crippen LogP) is 6.99. The van der Waals surface area contributed by atoms with E-state index in [2.05, 4.69) is 5.32 Å². The van der Waals surface area contributed by atoms with Gasteiger partial charge in [-0.25, -0.2) is 8.42 Å². The Morgan fingerprint density at radius 2 is 1.64 bits per heavy atom. The zero-order valence-electron chi connectivity index (χ0n) is 23.9. The maximum absolute atomic E-state index is 14.1. The smallest absolute Gasteiger partial charge is 0.354 e. The lowest BCUT2D eigenvalue weighted by atomic mass is 10.0. The van der Waals surface area contributed by atoms with Gasteiger partial charge in [0.2, 0.25) is 21.8 Å². The molecule has 3 aromatic rings. The number of benzene rings is 3. The minimum Gasteiger partial charge on any atom is -0.354 e. The summed E-state index contributed by atoms with van der Waals surface area (Å²) in [7, 11) is -4.30. The van der Waals surface area contributed by atoms with Crippen LogP contribution in [0.2, 0.25) is 15.1 Å². The molecule has 0 aromatic heterocycles. The Morgan fingerprint density at radius 1 is 0.955 bits per heavy atom. The summed E-state index contributed by atoms with van der Waals surface area (Å²) >= 11 is 18.2. The summed E-state index contributed by atoms with van der Waals surface area (Å²) in [5.41, 5.74) is -0.551.